The maximum Gasteiger partial charge on any atom is 0.181 e. The minimum Gasteiger partial charge on any atom is -0.489 e. The van der Waals surface area contributed by atoms with Crippen molar-refractivity contribution in [2.75, 3.05) is 0 Å². The molecule has 2 atom stereocenters. The fraction of sp³-hybridized carbons (Fsp3) is 0.304. The second kappa shape index (κ2) is 8.24. The third kappa shape index (κ3) is 4.19. The topological polar surface area (TPSA) is 72.7 Å². The molecule has 8 heteroatoms. The number of fused-ring (bicyclic) bond motifs is 1. The Bertz CT molecular complexity index is 1240. The molecule has 4 aromatic rings. The van der Waals surface area contributed by atoms with E-state index < -0.39 is 6.29 Å². The maximum atomic E-state index is 9.36. The number of epoxide rings is 1. The van der Waals surface area contributed by atoms with Crippen molar-refractivity contribution in [2.45, 2.75) is 45.3 Å². The Morgan fingerprint density at radius 1 is 1.26 bits per heavy atom. The van der Waals surface area contributed by atoms with Crippen LogP contribution in [0.1, 0.15) is 20.3 Å². The number of aliphatic hydroxyl groups excluding tert-OH is 1. The quantitative estimate of drug-likeness (QED) is 0.379. The first-order chi connectivity index (χ1) is 15.0. The van der Waals surface area contributed by atoms with E-state index in [-0.39, 0.29) is 12.2 Å². The Labute approximate surface area is 189 Å². The molecule has 31 heavy (non-hydrogen) atoms. The molecular formula is C23H22ClN3O3S. The van der Waals surface area contributed by atoms with Crippen molar-refractivity contribution in [3.8, 4) is 26.8 Å². The molecule has 0 radical (unpaired) electrons. The molecule has 0 spiro atoms. The molecule has 6 nitrogen and oxygen atoms in total. The highest BCUT2D eigenvalue weighted by molar-refractivity contribution is 7.18. The normalized spacial score (nSPS) is 18.1. The number of aliphatic hydroxyl groups is 1. The van der Waals surface area contributed by atoms with E-state index in [0.717, 1.165) is 45.0 Å². The summed E-state index contributed by atoms with van der Waals surface area (Å²) in [5, 5.41) is 11.9. The van der Waals surface area contributed by atoms with Crippen molar-refractivity contribution >= 4 is 34.0 Å². The molecule has 4 heterocycles. The van der Waals surface area contributed by atoms with Gasteiger partial charge in [0, 0.05) is 41.6 Å². The van der Waals surface area contributed by atoms with Crippen molar-refractivity contribution in [3.05, 3.63) is 53.9 Å². The summed E-state index contributed by atoms with van der Waals surface area (Å²) < 4.78 is 12.9. The van der Waals surface area contributed by atoms with E-state index in [0.29, 0.717) is 10.8 Å². The van der Waals surface area contributed by atoms with Gasteiger partial charge < -0.3 is 19.1 Å². The summed E-state index contributed by atoms with van der Waals surface area (Å²) in [4.78, 5) is 10.3. The van der Waals surface area contributed by atoms with Gasteiger partial charge in [-0.3, -0.25) is 0 Å². The third-order valence-corrected chi connectivity index (χ3v) is 6.56. The van der Waals surface area contributed by atoms with Crippen LogP contribution >= 0.6 is 22.9 Å². The maximum absolute atomic E-state index is 9.36. The lowest BCUT2D eigenvalue weighted by molar-refractivity contribution is 0.156. The molecular weight excluding hydrogens is 434 g/mol. The highest BCUT2D eigenvalue weighted by Crippen LogP contribution is 2.38. The number of rotatable bonds is 7. The highest BCUT2D eigenvalue weighted by Gasteiger charge is 2.36. The Kier molecular flexibility index (Phi) is 5.44. The number of nitrogens with zero attached hydrogens (tertiary/aromatic N) is 3. The van der Waals surface area contributed by atoms with Crippen LogP contribution in [-0.4, -0.2) is 38.1 Å². The van der Waals surface area contributed by atoms with Crippen LogP contribution in [0.2, 0.25) is 5.02 Å². The molecule has 1 fully saturated rings. The molecule has 1 N–H and O–H groups in total. The zero-order valence-electron chi connectivity index (χ0n) is 17.2. The number of aryl methyl sites for hydroxylation is 1. The zero-order chi connectivity index (χ0) is 21.5. The number of aromatic nitrogens is 3. The summed E-state index contributed by atoms with van der Waals surface area (Å²) in [5.41, 5.74) is 2.98. The molecule has 160 valence electrons. The van der Waals surface area contributed by atoms with Gasteiger partial charge in [0.15, 0.2) is 6.29 Å². The fourth-order valence-electron chi connectivity index (χ4n) is 3.61. The molecule has 1 aliphatic heterocycles. The first-order valence-corrected chi connectivity index (χ1v) is 11.4. The lowest BCUT2D eigenvalue weighted by Gasteiger charge is -2.11. The van der Waals surface area contributed by atoms with Gasteiger partial charge in [-0.25, -0.2) is 9.97 Å². The van der Waals surface area contributed by atoms with Crippen LogP contribution in [0, 0.1) is 0 Å². The molecule has 3 aromatic heterocycles. The average molecular weight is 456 g/mol. The largest absolute Gasteiger partial charge is 0.489 e. The van der Waals surface area contributed by atoms with E-state index in [1.165, 1.54) is 0 Å². The van der Waals surface area contributed by atoms with Gasteiger partial charge in [-0.05, 0) is 50.6 Å². The van der Waals surface area contributed by atoms with Crippen molar-refractivity contribution in [1.82, 2.24) is 14.5 Å². The third-order valence-electron chi connectivity index (χ3n) is 5.19. The predicted octanol–water partition coefficient (Wildman–Crippen LogP) is 5.37. The van der Waals surface area contributed by atoms with Crippen LogP contribution in [-0.2, 0) is 11.3 Å². The molecule has 1 aliphatic rings. The van der Waals surface area contributed by atoms with E-state index >= 15 is 0 Å². The number of hydrogen-bond acceptors (Lipinski definition) is 6. The summed E-state index contributed by atoms with van der Waals surface area (Å²) in [5.74, 6) is 0.679. The van der Waals surface area contributed by atoms with E-state index in [1.54, 1.807) is 11.3 Å². The summed E-state index contributed by atoms with van der Waals surface area (Å²) in [6.45, 7) is 4.70. The number of thiazole rings is 1. The number of ether oxygens (including phenoxy) is 2. The average Bonchev–Trinajstić information content (AvgIpc) is 3.13. The number of benzene rings is 1. The van der Waals surface area contributed by atoms with E-state index in [9.17, 15) is 5.11 Å². The van der Waals surface area contributed by atoms with Gasteiger partial charge in [-0.1, -0.05) is 11.6 Å². The standard InChI is InChI=1S/C23H22ClN3O3S/c1-13(2)29-18-4-3-14(11-17(18)24)22-26-12-20(31-22)15-5-8-25-21-16(15)6-9-27(21)10-7-19-23(28)30-19/h3-6,8-9,11-13,19,23,28H,7,10H2,1-2H3. The van der Waals surface area contributed by atoms with E-state index in [2.05, 4.69) is 20.6 Å². The molecule has 0 amide bonds. The molecule has 0 aliphatic carbocycles. The van der Waals surface area contributed by atoms with E-state index in [1.807, 2.05) is 56.7 Å². The molecule has 1 aromatic carbocycles. The Morgan fingerprint density at radius 3 is 2.84 bits per heavy atom. The van der Waals surface area contributed by atoms with Crippen LogP contribution in [0.3, 0.4) is 0 Å². The summed E-state index contributed by atoms with van der Waals surface area (Å²) in [6.07, 6.45) is 5.91. The summed E-state index contributed by atoms with van der Waals surface area (Å²) in [6, 6.07) is 9.87. The molecule has 5 rings (SSSR count). The number of halogens is 1. The first kappa shape index (κ1) is 20.5. The van der Waals surface area contributed by atoms with Gasteiger partial charge in [0.25, 0.3) is 0 Å². The molecule has 2 unspecified atom stereocenters. The van der Waals surface area contributed by atoms with Crippen LogP contribution in [0.25, 0.3) is 32.0 Å². The summed E-state index contributed by atoms with van der Waals surface area (Å²) in [7, 11) is 0. The minimum atomic E-state index is -0.611. The van der Waals surface area contributed by atoms with Crippen molar-refractivity contribution < 1.29 is 14.6 Å². The second-order valence-electron chi connectivity index (χ2n) is 7.80. The number of pyridine rings is 1. The Hall–Kier alpha value is -2.45. The zero-order valence-corrected chi connectivity index (χ0v) is 18.7. The predicted molar refractivity (Wildman–Crippen MR) is 123 cm³/mol. The van der Waals surface area contributed by atoms with E-state index in [4.69, 9.17) is 21.1 Å². The first-order valence-electron chi connectivity index (χ1n) is 10.2. The second-order valence-corrected chi connectivity index (χ2v) is 9.24. The SMILES string of the molecule is CC(C)Oc1ccc(-c2ncc(-c3ccnc4c3ccn4CCC3OC3O)s2)cc1Cl. The number of hydrogen-bond donors (Lipinski definition) is 1. The Balaban J connectivity index is 1.42. The minimum absolute atomic E-state index is 0.0613. The lowest BCUT2D eigenvalue weighted by atomic mass is 10.1. The van der Waals surface area contributed by atoms with Crippen LogP contribution < -0.4 is 4.74 Å². The lowest BCUT2D eigenvalue weighted by Crippen LogP contribution is -2.05. The van der Waals surface area contributed by atoms with Crippen LogP contribution in [0.15, 0.2) is 48.9 Å². The fourth-order valence-corrected chi connectivity index (χ4v) is 4.79. The Morgan fingerprint density at radius 2 is 2.10 bits per heavy atom. The van der Waals surface area contributed by atoms with Gasteiger partial charge in [-0.15, -0.1) is 11.3 Å². The van der Waals surface area contributed by atoms with Gasteiger partial charge in [-0.2, -0.15) is 0 Å². The smallest absolute Gasteiger partial charge is 0.181 e. The van der Waals surface area contributed by atoms with Gasteiger partial charge >= 0.3 is 0 Å². The van der Waals surface area contributed by atoms with Gasteiger partial charge in [0.05, 0.1) is 16.0 Å². The van der Waals surface area contributed by atoms with Crippen LogP contribution in [0.5, 0.6) is 5.75 Å². The monoisotopic (exact) mass is 455 g/mol. The molecule has 0 bridgehead atoms. The summed E-state index contributed by atoms with van der Waals surface area (Å²) >= 11 is 8.03. The highest BCUT2D eigenvalue weighted by atomic mass is 35.5. The molecule has 0 saturated carbocycles. The van der Waals surface area contributed by atoms with Crippen molar-refractivity contribution in [1.29, 1.82) is 0 Å². The van der Waals surface area contributed by atoms with Crippen LogP contribution in [0.4, 0.5) is 0 Å². The van der Waals surface area contributed by atoms with Crippen molar-refractivity contribution in [2.24, 2.45) is 0 Å². The van der Waals surface area contributed by atoms with Gasteiger partial charge in [0.2, 0.25) is 0 Å². The molecule has 1 saturated heterocycles. The van der Waals surface area contributed by atoms with Gasteiger partial charge in [0.1, 0.15) is 22.5 Å². The van der Waals surface area contributed by atoms with Crippen molar-refractivity contribution in [3.63, 3.8) is 0 Å².